The van der Waals surface area contributed by atoms with Gasteiger partial charge in [-0.2, -0.15) is 8.42 Å². The molecule has 1 aromatic rings. The van der Waals surface area contributed by atoms with Gasteiger partial charge in [0.05, 0.1) is 31.3 Å². The summed E-state index contributed by atoms with van der Waals surface area (Å²) in [4.78, 5) is 0.0469. The largest absolute Gasteiger partial charge is 0.396 e. The van der Waals surface area contributed by atoms with Gasteiger partial charge in [0.15, 0.2) is 0 Å². The van der Waals surface area contributed by atoms with Gasteiger partial charge in [-0.3, -0.25) is 4.18 Å². The molecule has 6 nitrogen and oxygen atoms in total. The van der Waals surface area contributed by atoms with Crippen molar-refractivity contribution in [1.29, 1.82) is 0 Å². The van der Waals surface area contributed by atoms with Crippen LogP contribution >= 0.6 is 0 Å². The van der Waals surface area contributed by atoms with E-state index >= 15 is 0 Å². The predicted octanol–water partition coefficient (Wildman–Crippen LogP) is 0.0537. The lowest BCUT2D eigenvalue weighted by Crippen LogP contribution is -2.35. The Morgan fingerprint density at radius 2 is 1.55 bits per heavy atom. The maximum absolute atomic E-state index is 11.9. The fraction of sp³-hybridized carbons (Fsp3) is 0.538. The highest BCUT2D eigenvalue weighted by atomic mass is 32.2. The van der Waals surface area contributed by atoms with Crippen LogP contribution in [-0.4, -0.2) is 50.2 Å². The number of aliphatic hydroxyl groups is 3. The Kier molecular flexibility index (Phi) is 6.09. The fourth-order valence-corrected chi connectivity index (χ4v) is 2.44. The van der Waals surface area contributed by atoms with Crippen LogP contribution in [0.4, 0.5) is 0 Å². The third-order valence-corrected chi connectivity index (χ3v) is 4.51. The molecule has 0 unspecified atom stereocenters. The van der Waals surface area contributed by atoms with Crippen molar-refractivity contribution in [2.45, 2.75) is 18.2 Å². The highest BCUT2D eigenvalue weighted by Gasteiger charge is 2.28. The van der Waals surface area contributed by atoms with Crippen LogP contribution in [0.25, 0.3) is 0 Å². The summed E-state index contributed by atoms with van der Waals surface area (Å²) in [5, 5.41) is 27.4. The first-order valence-corrected chi connectivity index (χ1v) is 7.59. The fourth-order valence-electron chi connectivity index (χ4n) is 1.53. The van der Waals surface area contributed by atoms with E-state index in [9.17, 15) is 8.42 Å². The summed E-state index contributed by atoms with van der Waals surface area (Å²) in [5.74, 6) is 0. The van der Waals surface area contributed by atoms with Crippen molar-refractivity contribution >= 4 is 10.1 Å². The molecule has 1 rings (SSSR count). The lowest BCUT2D eigenvalue weighted by atomic mass is 9.88. The Morgan fingerprint density at radius 3 is 2.00 bits per heavy atom. The summed E-state index contributed by atoms with van der Waals surface area (Å²) in [5.41, 5.74) is -0.202. The van der Waals surface area contributed by atoms with Gasteiger partial charge < -0.3 is 15.3 Å². The van der Waals surface area contributed by atoms with Crippen molar-refractivity contribution in [2.24, 2.45) is 5.41 Å². The third-order valence-electron chi connectivity index (χ3n) is 3.19. The molecule has 0 radical (unpaired) electrons. The summed E-state index contributed by atoms with van der Waals surface area (Å²) in [6.07, 6.45) is 0.0294. The Hall–Kier alpha value is -0.990. The molecule has 0 spiro atoms. The summed E-state index contributed by atoms with van der Waals surface area (Å²) >= 11 is 0. The van der Waals surface area contributed by atoms with Gasteiger partial charge in [-0.05, 0) is 25.5 Å². The lowest BCUT2D eigenvalue weighted by Gasteiger charge is -2.26. The van der Waals surface area contributed by atoms with Gasteiger partial charge >= 0.3 is 0 Å². The molecule has 0 aliphatic carbocycles. The van der Waals surface area contributed by atoms with Gasteiger partial charge in [0.25, 0.3) is 10.1 Å². The number of rotatable bonds is 8. The van der Waals surface area contributed by atoms with E-state index < -0.39 is 35.4 Å². The predicted molar refractivity (Wildman–Crippen MR) is 72.6 cm³/mol. The smallest absolute Gasteiger partial charge is 0.296 e. The van der Waals surface area contributed by atoms with Crippen LogP contribution in [0.2, 0.25) is 0 Å². The SMILES string of the molecule is Cc1ccc(S(=O)(=O)OCCC(CO)(CO)CO)cc1. The highest BCUT2D eigenvalue weighted by Crippen LogP contribution is 2.21. The van der Waals surface area contributed by atoms with E-state index in [4.69, 9.17) is 19.5 Å². The van der Waals surface area contributed by atoms with E-state index in [1.165, 1.54) is 12.1 Å². The standard InChI is InChI=1S/C13H20O6S/c1-11-2-4-12(5-3-11)20(17,18)19-7-6-13(8-14,9-15)10-16/h2-5,14-16H,6-10H2,1H3. The maximum Gasteiger partial charge on any atom is 0.296 e. The van der Waals surface area contributed by atoms with Crippen molar-refractivity contribution < 1.29 is 27.9 Å². The van der Waals surface area contributed by atoms with Crippen molar-refractivity contribution in [2.75, 3.05) is 26.4 Å². The van der Waals surface area contributed by atoms with Crippen LogP contribution in [-0.2, 0) is 14.3 Å². The van der Waals surface area contributed by atoms with Crippen LogP contribution in [0.1, 0.15) is 12.0 Å². The monoisotopic (exact) mass is 304 g/mol. The van der Waals surface area contributed by atoms with Crippen LogP contribution in [0, 0.1) is 12.3 Å². The molecule has 0 atom stereocenters. The zero-order chi connectivity index (χ0) is 15.2. The number of benzene rings is 1. The van der Waals surface area contributed by atoms with Gasteiger partial charge in [-0.15, -0.1) is 0 Å². The molecular formula is C13H20O6S. The Bertz CT molecular complexity index is 496. The summed E-state index contributed by atoms with van der Waals surface area (Å²) in [7, 11) is -3.87. The minimum atomic E-state index is -3.87. The highest BCUT2D eigenvalue weighted by molar-refractivity contribution is 7.86. The molecule has 0 aromatic heterocycles. The molecule has 0 aliphatic heterocycles. The third kappa shape index (κ3) is 4.26. The molecule has 0 heterocycles. The van der Waals surface area contributed by atoms with Crippen molar-refractivity contribution in [3.8, 4) is 0 Å². The average molecular weight is 304 g/mol. The molecule has 7 heteroatoms. The molecule has 114 valence electrons. The summed E-state index contributed by atoms with van der Waals surface area (Å²) in [6, 6.07) is 6.22. The molecule has 0 aliphatic rings. The molecule has 1 aromatic carbocycles. The molecule has 0 bridgehead atoms. The quantitative estimate of drug-likeness (QED) is 0.586. The van der Waals surface area contributed by atoms with E-state index in [0.717, 1.165) is 5.56 Å². The van der Waals surface area contributed by atoms with Gasteiger partial charge in [-0.1, -0.05) is 17.7 Å². The zero-order valence-corrected chi connectivity index (χ0v) is 12.1. The Labute approximate surface area is 118 Å². The molecule has 3 N–H and O–H groups in total. The van der Waals surface area contributed by atoms with Gasteiger partial charge in [0, 0.05) is 5.41 Å². The van der Waals surface area contributed by atoms with Gasteiger partial charge in [0.2, 0.25) is 0 Å². The maximum atomic E-state index is 11.9. The summed E-state index contributed by atoms with van der Waals surface area (Å²) in [6.45, 7) is 0.267. The lowest BCUT2D eigenvalue weighted by molar-refractivity contribution is -0.00845. The van der Waals surface area contributed by atoms with E-state index in [1.807, 2.05) is 6.92 Å². The molecule has 0 fully saturated rings. The first-order chi connectivity index (χ1) is 9.39. The first kappa shape index (κ1) is 17.1. The van der Waals surface area contributed by atoms with Crippen LogP contribution in [0.3, 0.4) is 0 Å². The van der Waals surface area contributed by atoms with Crippen LogP contribution in [0.5, 0.6) is 0 Å². The van der Waals surface area contributed by atoms with Crippen molar-refractivity contribution in [1.82, 2.24) is 0 Å². The van der Waals surface area contributed by atoms with Crippen LogP contribution < -0.4 is 0 Å². The number of hydrogen-bond acceptors (Lipinski definition) is 6. The van der Waals surface area contributed by atoms with E-state index in [-0.39, 0.29) is 17.9 Å². The Balaban J connectivity index is 2.67. The van der Waals surface area contributed by atoms with E-state index in [0.29, 0.717) is 0 Å². The molecular weight excluding hydrogens is 284 g/mol. The summed E-state index contributed by atoms with van der Waals surface area (Å²) < 4.78 is 28.6. The van der Waals surface area contributed by atoms with E-state index in [2.05, 4.69) is 0 Å². The molecule has 20 heavy (non-hydrogen) atoms. The topological polar surface area (TPSA) is 104 Å². The van der Waals surface area contributed by atoms with Gasteiger partial charge in [-0.25, -0.2) is 0 Å². The second-order valence-corrected chi connectivity index (χ2v) is 6.43. The zero-order valence-electron chi connectivity index (χ0n) is 11.3. The minimum absolute atomic E-state index is 0.0294. The second kappa shape index (κ2) is 7.14. The van der Waals surface area contributed by atoms with Crippen molar-refractivity contribution in [3.63, 3.8) is 0 Å². The molecule has 0 saturated carbocycles. The first-order valence-electron chi connectivity index (χ1n) is 6.18. The molecule has 0 saturated heterocycles. The molecule has 0 amide bonds. The number of aliphatic hydroxyl groups excluding tert-OH is 3. The van der Waals surface area contributed by atoms with Crippen LogP contribution in [0.15, 0.2) is 29.2 Å². The Morgan fingerprint density at radius 1 is 1.05 bits per heavy atom. The minimum Gasteiger partial charge on any atom is -0.396 e. The number of hydrogen-bond donors (Lipinski definition) is 3. The second-order valence-electron chi connectivity index (χ2n) is 4.81. The van der Waals surface area contributed by atoms with Gasteiger partial charge in [0.1, 0.15) is 0 Å². The van der Waals surface area contributed by atoms with Crippen molar-refractivity contribution in [3.05, 3.63) is 29.8 Å². The normalized spacial score (nSPS) is 12.6. The number of aryl methyl sites for hydroxylation is 1. The average Bonchev–Trinajstić information content (AvgIpc) is 2.44. The van der Waals surface area contributed by atoms with E-state index in [1.54, 1.807) is 12.1 Å².